The van der Waals surface area contributed by atoms with Gasteiger partial charge in [0.1, 0.15) is 6.61 Å². The molecule has 1 atom stereocenters. The molecule has 2 heterocycles. The van der Waals surface area contributed by atoms with Crippen LogP contribution in [0.4, 0.5) is 4.39 Å². The van der Waals surface area contributed by atoms with E-state index >= 15 is 0 Å². The van der Waals surface area contributed by atoms with Gasteiger partial charge in [0.05, 0.1) is 5.25 Å². The van der Waals surface area contributed by atoms with Crippen LogP contribution < -0.4 is 4.74 Å². The van der Waals surface area contributed by atoms with Gasteiger partial charge in [-0.25, -0.2) is 4.39 Å². The van der Waals surface area contributed by atoms with Gasteiger partial charge >= 0.3 is 0 Å². The lowest BCUT2D eigenvalue weighted by molar-refractivity contribution is -0.129. The van der Waals surface area contributed by atoms with Crippen LogP contribution in [0.1, 0.15) is 25.6 Å². The number of carbonyl (C=O) groups excluding carboxylic acids is 1. The van der Waals surface area contributed by atoms with Crippen molar-refractivity contribution in [3.05, 3.63) is 66.2 Å². The van der Waals surface area contributed by atoms with Crippen molar-refractivity contribution in [3.63, 3.8) is 0 Å². The summed E-state index contributed by atoms with van der Waals surface area (Å²) in [6.45, 7) is 3.58. The number of amides is 1. The van der Waals surface area contributed by atoms with Gasteiger partial charge in [0, 0.05) is 18.8 Å². The van der Waals surface area contributed by atoms with Crippen LogP contribution in [-0.2, 0) is 11.4 Å². The van der Waals surface area contributed by atoms with Crippen LogP contribution in [-0.4, -0.2) is 43.9 Å². The van der Waals surface area contributed by atoms with Crippen molar-refractivity contribution in [1.29, 1.82) is 0 Å². The molecular weight excluding hydrogens is 403 g/mol. The number of benzene rings is 2. The summed E-state index contributed by atoms with van der Waals surface area (Å²) in [4.78, 5) is 14.6. The van der Waals surface area contributed by atoms with E-state index in [4.69, 9.17) is 4.74 Å². The van der Waals surface area contributed by atoms with Gasteiger partial charge < -0.3 is 9.64 Å². The molecule has 8 heteroatoms. The van der Waals surface area contributed by atoms with Crippen molar-refractivity contribution in [2.24, 2.45) is 0 Å². The first-order valence-electron chi connectivity index (χ1n) is 9.96. The maximum absolute atomic E-state index is 13.9. The Morgan fingerprint density at radius 1 is 1.10 bits per heavy atom. The quantitative estimate of drug-likeness (QED) is 0.533. The van der Waals surface area contributed by atoms with Crippen LogP contribution >= 0.6 is 11.8 Å². The van der Waals surface area contributed by atoms with E-state index in [1.807, 2.05) is 46.7 Å². The maximum Gasteiger partial charge on any atom is 0.235 e. The second-order valence-corrected chi connectivity index (χ2v) is 8.39. The summed E-state index contributed by atoms with van der Waals surface area (Å²) in [5.41, 5.74) is 0.859. The summed E-state index contributed by atoms with van der Waals surface area (Å²) in [6.07, 6.45) is 2.11. The largest absolute Gasteiger partial charge is 0.483 e. The van der Waals surface area contributed by atoms with Crippen LogP contribution in [0.2, 0.25) is 0 Å². The fourth-order valence-corrected chi connectivity index (χ4v) is 4.38. The van der Waals surface area contributed by atoms with E-state index in [0.29, 0.717) is 11.0 Å². The second kappa shape index (κ2) is 9.30. The molecule has 1 aromatic heterocycles. The summed E-state index contributed by atoms with van der Waals surface area (Å²) in [7, 11) is 0. The van der Waals surface area contributed by atoms with E-state index in [0.717, 1.165) is 31.6 Å². The lowest BCUT2D eigenvalue weighted by Gasteiger charge is -2.20. The Morgan fingerprint density at radius 2 is 1.80 bits per heavy atom. The highest BCUT2D eigenvalue weighted by Crippen LogP contribution is 2.28. The first kappa shape index (κ1) is 20.4. The zero-order valence-corrected chi connectivity index (χ0v) is 17.5. The molecule has 30 heavy (non-hydrogen) atoms. The number of para-hydroxylation sites is 2. The Hall–Kier alpha value is -2.87. The first-order valence-corrected chi connectivity index (χ1v) is 10.8. The van der Waals surface area contributed by atoms with Gasteiger partial charge in [-0.3, -0.25) is 9.36 Å². The van der Waals surface area contributed by atoms with Crippen LogP contribution in [0, 0.1) is 5.82 Å². The van der Waals surface area contributed by atoms with E-state index in [9.17, 15) is 9.18 Å². The normalized spacial score (nSPS) is 14.7. The average molecular weight is 427 g/mol. The third-order valence-electron chi connectivity index (χ3n) is 4.96. The standard InChI is InChI=1S/C22H23FN4O2S/c1-16(21(28)26-13-7-8-14-26)30-22-25-24-20(27(22)17-9-3-2-4-10-17)15-29-19-12-6-5-11-18(19)23/h2-6,9-12,16H,7-8,13-15H2,1H3. The molecule has 6 nitrogen and oxygen atoms in total. The highest BCUT2D eigenvalue weighted by Gasteiger charge is 2.26. The average Bonchev–Trinajstić information content (AvgIpc) is 3.43. The lowest BCUT2D eigenvalue weighted by Crippen LogP contribution is -2.34. The predicted octanol–water partition coefficient (Wildman–Crippen LogP) is 4.09. The smallest absolute Gasteiger partial charge is 0.235 e. The van der Waals surface area contributed by atoms with Crippen LogP contribution in [0.15, 0.2) is 59.8 Å². The minimum absolute atomic E-state index is 0.0534. The lowest BCUT2D eigenvalue weighted by atomic mass is 10.3. The molecule has 156 valence electrons. The molecule has 0 bridgehead atoms. The van der Waals surface area contributed by atoms with E-state index in [1.165, 1.54) is 17.8 Å². The van der Waals surface area contributed by atoms with Gasteiger partial charge in [-0.15, -0.1) is 10.2 Å². The Morgan fingerprint density at radius 3 is 2.53 bits per heavy atom. The molecule has 1 aliphatic rings. The number of hydrogen-bond donors (Lipinski definition) is 0. The molecular formula is C22H23FN4O2S. The molecule has 0 aliphatic carbocycles. The van der Waals surface area contributed by atoms with E-state index in [2.05, 4.69) is 10.2 Å². The highest BCUT2D eigenvalue weighted by atomic mass is 32.2. The Labute approximate surface area is 179 Å². The number of ether oxygens (including phenoxy) is 1. The van der Waals surface area contributed by atoms with Crippen molar-refractivity contribution in [3.8, 4) is 11.4 Å². The van der Waals surface area contributed by atoms with Crippen LogP contribution in [0.25, 0.3) is 5.69 Å². The Kier molecular flexibility index (Phi) is 6.32. The molecule has 1 unspecified atom stereocenters. The van der Waals surface area contributed by atoms with Gasteiger partial charge in [0.25, 0.3) is 0 Å². The fourth-order valence-electron chi connectivity index (χ4n) is 3.41. The third-order valence-corrected chi connectivity index (χ3v) is 5.99. The molecule has 0 radical (unpaired) electrons. The molecule has 1 amide bonds. The summed E-state index contributed by atoms with van der Waals surface area (Å²) >= 11 is 1.37. The van der Waals surface area contributed by atoms with E-state index < -0.39 is 5.82 Å². The van der Waals surface area contributed by atoms with Gasteiger partial charge in [-0.1, -0.05) is 42.1 Å². The maximum atomic E-state index is 13.9. The van der Waals surface area contributed by atoms with E-state index in [1.54, 1.807) is 18.2 Å². The van der Waals surface area contributed by atoms with Gasteiger partial charge in [-0.05, 0) is 44.0 Å². The summed E-state index contributed by atoms with van der Waals surface area (Å²) < 4.78 is 21.4. The minimum Gasteiger partial charge on any atom is -0.483 e. The van der Waals surface area contributed by atoms with Gasteiger partial charge in [0.2, 0.25) is 5.91 Å². The fraction of sp³-hybridized carbons (Fsp3) is 0.318. The number of likely N-dealkylation sites (tertiary alicyclic amines) is 1. The van der Waals surface area contributed by atoms with Crippen molar-refractivity contribution in [1.82, 2.24) is 19.7 Å². The number of nitrogens with zero attached hydrogens (tertiary/aromatic N) is 4. The van der Waals surface area contributed by atoms with Gasteiger partial charge in [-0.2, -0.15) is 0 Å². The van der Waals surface area contributed by atoms with Crippen molar-refractivity contribution < 1.29 is 13.9 Å². The molecule has 1 fully saturated rings. The van der Waals surface area contributed by atoms with Crippen molar-refractivity contribution >= 4 is 17.7 Å². The predicted molar refractivity (Wildman–Crippen MR) is 113 cm³/mol. The zero-order chi connectivity index (χ0) is 20.9. The first-order chi connectivity index (χ1) is 14.6. The molecule has 4 rings (SSSR count). The molecule has 0 N–H and O–H groups in total. The topological polar surface area (TPSA) is 60.3 Å². The molecule has 1 aliphatic heterocycles. The summed E-state index contributed by atoms with van der Waals surface area (Å²) in [6, 6.07) is 15.9. The SMILES string of the molecule is CC(Sc1nnc(COc2ccccc2F)n1-c1ccccc1)C(=O)N1CCCC1. The summed E-state index contributed by atoms with van der Waals surface area (Å²) in [5.74, 6) is 0.381. The Bertz CT molecular complexity index is 1010. The molecule has 1 saturated heterocycles. The molecule has 3 aromatic rings. The van der Waals surface area contributed by atoms with Crippen molar-refractivity contribution in [2.45, 2.75) is 36.8 Å². The number of aromatic nitrogens is 3. The molecule has 0 spiro atoms. The zero-order valence-electron chi connectivity index (χ0n) is 16.7. The van der Waals surface area contributed by atoms with Gasteiger partial charge in [0.15, 0.2) is 22.5 Å². The molecule has 0 saturated carbocycles. The highest BCUT2D eigenvalue weighted by molar-refractivity contribution is 8.00. The number of rotatable bonds is 7. The van der Waals surface area contributed by atoms with Crippen LogP contribution in [0.3, 0.4) is 0 Å². The van der Waals surface area contributed by atoms with Crippen LogP contribution in [0.5, 0.6) is 5.75 Å². The Balaban J connectivity index is 1.57. The second-order valence-electron chi connectivity index (χ2n) is 7.08. The number of halogens is 1. The number of carbonyl (C=O) groups is 1. The van der Waals surface area contributed by atoms with Crippen molar-refractivity contribution in [2.75, 3.05) is 13.1 Å². The molecule has 2 aromatic carbocycles. The minimum atomic E-state index is -0.428. The monoisotopic (exact) mass is 426 g/mol. The number of hydrogen-bond acceptors (Lipinski definition) is 5. The summed E-state index contributed by atoms with van der Waals surface area (Å²) in [5, 5.41) is 8.90. The number of thioether (sulfide) groups is 1. The van der Waals surface area contributed by atoms with E-state index in [-0.39, 0.29) is 23.5 Å². The third kappa shape index (κ3) is 4.48.